The molecule has 2 aromatic carbocycles. The maximum atomic E-state index is 12.8. The molecule has 2 heterocycles. The predicted molar refractivity (Wildman–Crippen MR) is 131 cm³/mol. The molecule has 2 aliphatic rings. The van der Waals surface area contributed by atoms with Gasteiger partial charge in [0.1, 0.15) is 11.9 Å². The van der Waals surface area contributed by atoms with Crippen molar-refractivity contribution >= 4 is 18.0 Å². The minimum atomic E-state index is -4.40. The standard InChI is InChI=1S/C22H24F3N3O2.C4H4O4/c23-22(24,25)18-7-4-8-19(13-18)30-20-15-28(16-20)21(29)27-11-9-26(10-12-27)14-17-5-2-1-3-6-17;5-3(6)1-2-4(7)8/h1-8,13,20H,9-12,14-16H2;1-2H,(H,5,6)(H,7,8)/b;2-1+. The maximum Gasteiger partial charge on any atom is 0.416 e. The Hall–Kier alpha value is -4.06. The summed E-state index contributed by atoms with van der Waals surface area (Å²) in [5, 5.41) is 15.6. The summed E-state index contributed by atoms with van der Waals surface area (Å²) in [4.78, 5) is 37.6. The first-order valence-electron chi connectivity index (χ1n) is 11.8. The van der Waals surface area contributed by atoms with Crippen LogP contribution in [0, 0.1) is 0 Å². The van der Waals surface area contributed by atoms with Gasteiger partial charge in [0.05, 0.1) is 18.7 Å². The van der Waals surface area contributed by atoms with E-state index in [4.69, 9.17) is 14.9 Å². The lowest BCUT2D eigenvalue weighted by atomic mass is 10.1. The first-order chi connectivity index (χ1) is 18.0. The molecule has 204 valence electrons. The molecule has 2 fully saturated rings. The number of hydrogen-bond donors (Lipinski definition) is 2. The van der Waals surface area contributed by atoms with Crippen molar-refractivity contribution in [3.63, 3.8) is 0 Å². The number of carboxylic acid groups (broad SMARTS) is 2. The first kappa shape index (κ1) is 28.5. The van der Waals surface area contributed by atoms with E-state index in [1.165, 1.54) is 17.7 Å². The highest BCUT2D eigenvalue weighted by molar-refractivity contribution is 5.89. The van der Waals surface area contributed by atoms with Crippen LogP contribution in [0.5, 0.6) is 5.75 Å². The normalized spacial score (nSPS) is 16.4. The third kappa shape index (κ3) is 8.80. The zero-order chi connectivity index (χ0) is 27.7. The highest BCUT2D eigenvalue weighted by atomic mass is 19.4. The van der Waals surface area contributed by atoms with Crippen LogP contribution in [-0.4, -0.2) is 88.3 Å². The van der Waals surface area contributed by atoms with E-state index < -0.39 is 23.7 Å². The van der Waals surface area contributed by atoms with Gasteiger partial charge in [-0.1, -0.05) is 36.4 Å². The van der Waals surface area contributed by atoms with Gasteiger partial charge in [0, 0.05) is 44.9 Å². The number of rotatable bonds is 6. The van der Waals surface area contributed by atoms with Crippen molar-refractivity contribution in [2.45, 2.75) is 18.8 Å². The minimum absolute atomic E-state index is 0.0294. The van der Waals surface area contributed by atoms with Gasteiger partial charge in [0.2, 0.25) is 0 Å². The van der Waals surface area contributed by atoms with Gasteiger partial charge in [-0.25, -0.2) is 14.4 Å². The summed E-state index contributed by atoms with van der Waals surface area (Å²) in [6, 6.07) is 15.1. The van der Waals surface area contributed by atoms with E-state index in [2.05, 4.69) is 17.0 Å². The van der Waals surface area contributed by atoms with Gasteiger partial charge in [-0.15, -0.1) is 0 Å². The van der Waals surface area contributed by atoms with Gasteiger partial charge in [-0.05, 0) is 23.8 Å². The van der Waals surface area contributed by atoms with Gasteiger partial charge >= 0.3 is 24.1 Å². The second-order valence-corrected chi connectivity index (χ2v) is 8.71. The molecule has 0 bridgehead atoms. The molecule has 2 saturated heterocycles. The lowest BCUT2D eigenvalue weighted by Gasteiger charge is -2.43. The highest BCUT2D eigenvalue weighted by Gasteiger charge is 2.36. The number of carboxylic acids is 2. The monoisotopic (exact) mass is 535 g/mol. The van der Waals surface area contributed by atoms with Crippen molar-refractivity contribution in [3.8, 4) is 5.75 Å². The number of benzene rings is 2. The summed E-state index contributed by atoms with van der Waals surface area (Å²) >= 11 is 0. The molecule has 0 spiro atoms. The molecule has 0 aromatic heterocycles. The van der Waals surface area contributed by atoms with Crippen LogP contribution in [0.15, 0.2) is 66.7 Å². The first-order valence-corrected chi connectivity index (χ1v) is 11.8. The van der Waals surface area contributed by atoms with E-state index in [1.807, 2.05) is 23.1 Å². The van der Waals surface area contributed by atoms with Crippen LogP contribution in [-0.2, 0) is 22.3 Å². The number of carbonyl (C=O) groups is 3. The molecule has 0 radical (unpaired) electrons. The fourth-order valence-corrected chi connectivity index (χ4v) is 3.89. The second-order valence-electron chi connectivity index (χ2n) is 8.71. The summed E-state index contributed by atoms with van der Waals surface area (Å²) in [6.07, 6.45) is -3.56. The van der Waals surface area contributed by atoms with Crippen molar-refractivity contribution in [3.05, 3.63) is 77.9 Å². The average Bonchev–Trinajstić information content (AvgIpc) is 2.85. The largest absolute Gasteiger partial charge is 0.487 e. The van der Waals surface area contributed by atoms with Gasteiger partial charge in [0.25, 0.3) is 0 Å². The summed E-state index contributed by atoms with van der Waals surface area (Å²) in [6.45, 7) is 4.62. The quantitative estimate of drug-likeness (QED) is 0.546. The SMILES string of the molecule is O=C(N1CCN(Cc2ccccc2)CC1)N1CC(Oc2cccc(C(F)(F)F)c2)C1.O=C(O)/C=C/C(=O)O. The van der Waals surface area contributed by atoms with Crippen molar-refractivity contribution in [1.29, 1.82) is 0 Å². The van der Waals surface area contributed by atoms with Crippen LogP contribution in [0.1, 0.15) is 11.1 Å². The van der Waals surface area contributed by atoms with Crippen molar-refractivity contribution < 1.29 is 42.5 Å². The zero-order valence-electron chi connectivity index (χ0n) is 20.4. The maximum absolute atomic E-state index is 12.8. The highest BCUT2D eigenvalue weighted by Crippen LogP contribution is 2.32. The molecule has 4 rings (SSSR count). The number of carbonyl (C=O) groups excluding carboxylic acids is 1. The number of likely N-dealkylation sites (tertiary alicyclic amines) is 1. The van der Waals surface area contributed by atoms with Gasteiger partial charge in [0.15, 0.2) is 0 Å². The van der Waals surface area contributed by atoms with Crippen LogP contribution in [0.25, 0.3) is 0 Å². The number of aliphatic carboxylic acids is 2. The molecule has 2 aromatic rings. The van der Waals surface area contributed by atoms with Gasteiger partial charge in [-0.3, -0.25) is 4.90 Å². The summed E-state index contributed by atoms with van der Waals surface area (Å²) in [5.74, 6) is -2.34. The van der Waals surface area contributed by atoms with E-state index in [0.29, 0.717) is 38.3 Å². The predicted octanol–water partition coefficient (Wildman–Crippen LogP) is 3.42. The number of ether oxygens (including phenoxy) is 1. The Labute approximate surface area is 217 Å². The molecule has 9 nitrogen and oxygen atoms in total. The minimum Gasteiger partial charge on any atom is -0.487 e. The Bertz CT molecular complexity index is 1110. The molecule has 0 saturated carbocycles. The van der Waals surface area contributed by atoms with E-state index in [-0.39, 0.29) is 17.9 Å². The smallest absolute Gasteiger partial charge is 0.416 e. The van der Waals surface area contributed by atoms with Crippen LogP contribution in [0.4, 0.5) is 18.0 Å². The topological polar surface area (TPSA) is 111 Å². The van der Waals surface area contributed by atoms with E-state index in [9.17, 15) is 27.6 Å². The molecule has 2 N–H and O–H groups in total. The molecule has 0 unspecified atom stereocenters. The summed E-state index contributed by atoms with van der Waals surface area (Å²) < 4.78 is 44.0. The van der Waals surface area contributed by atoms with E-state index >= 15 is 0 Å². The van der Waals surface area contributed by atoms with Crippen LogP contribution in [0.2, 0.25) is 0 Å². The van der Waals surface area contributed by atoms with Crippen molar-refractivity contribution in [2.24, 2.45) is 0 Å². The number of urea groups is 1. The van der Waals surface area contributed by atoms with E-state index in [0.717, 1.165) is 31.8 Å². The summed E-state index contributed by atoms with van der Waals surface area (Å²) in [7, 11) is 0. The third-order valence-corrected chi connectivity index (χ3v) is 5.84. The Balaban J connectivity index is 0.000000436. The molecule has 2 amide bonds. The van der Waals surface area contributed by atoms with Gasteiger partial charge in [-0.2, -0.15) is 13.2 Å². The number of nitrogens with zero attached hydrogens (tertiary/aromatic N) is 3. The molecule has 12 heteroatoms. The lowest BCUT2D eigenvalue weighted by molar-refractivity contribution is -0.137. The fraction of sp³-hybridized carbons (Fsp3) is 0.346. The number of piperazine rings is 1. The van der Waals surface area contributed by atoms with Crippen LogP contribution in [0.3, 0.4) is 0 Å². The van der Waals surface area contributed by atoms with Crippen molar-refractivity contribution in [2.75, 3.05) is 39.3 Å². The molecule has 2 aliphatic heterocycles. The van der Waals surface area contributed by atoms with Crippen LogP contribution < -0.4 is 4.74 Å². The number of hydrogen-bond acceptors (Lipinski definition) is 5. The Morgan fingerprint density at radius 3 is 2.03 bits per heavy atom. The zero-order valence-corrected chi connectivity index (χ0v) is 20.4. The lowest BCUT2D eigenvalue weighted by Crippen LogP contribution is -2.61. The molecule has 0 atom stereocenters. The molecular weight excluding hydrogens is 507 g/mol. The number of amides is 2. The molecular formula is C26H28F3N3O6. The average molecular weight is 536 g/mol. The Morgan fingerprint density at radius 1 is 0.868 bits per heavy atom. The Morgan fingerprint density at radius 2 is 1.47 bits per heavy atom. The Kier molecular flexibility index (Phi) is 9.72. The van der Waals surface area contributed by atoms with Crippen molar-refractivity contribution in [1.82, 2.24) is 14.7 Å². The fourth-order valence-electron chi connectivity index (χ4n) is 3.89. The summed E-state index contributed by atoms with van der Waals surface area (Å²) in [5.41, 5.74) is 0.523. The van der Waals surface area contributed by atoms with Crippen LogP contribution >= 0.6 is 0 Å². The van der Waals surface area contributed by atoms with E-state index in [1.54, 1.807) is 4.90 Å². The third-order valence-electron chi connectivity index (χ3n) is 5.84. The number of halogens is 3. The second kappa shape index (κ2) is 13.0. The van der Waals surface area contributed by atoms with Gasteiger partial charge < -0.3 is 24.7 Å². The number of alkyl halides is 3. The molecule has 0 aliphatic carbocycles. The molecule has 38 heavy (non-hydrogen) atoms.